The van der Waals surface area contributed by atoms with E-state index < -0.39 is 0 Å². The molecule has 0 aliphatic carbocycles. The number of hydrogen-bond donors (Lipinski definition) is 0. The molecule has 0 saturated heterocycles. The minimum Gasteiger partial charge on any atom is -0.312 e. The summed E-state index contributed by atoms with van der Waals surface area (Å²) in [7, 11) is 0. The molecule has 1 aromatic carbocycles. The number of carbonyl (C=O) groups excluding carboxylic acids is 1. The normalized spacial score (nSPS) is 13.9. The minimum atomic E-state index is 0.0269. The molecule has 1 aliphatic heterocycles. The van der Waals surface area contributed by atoms with Crippen LogP contribution in [0.3, 0.4) is 0 Å². The molecule has 1 aliphatic rings. The molecule has 0 unspecified atom stereocenters. The van der Waals surface area contributed by atoms with Gasteiger partial charge >= 0.3 is 0 Å². The van der Waals surface area contributed by atoms with Crippen LogP contribution in [-0.2, 0) is 11.2 Å². The highest BCUT2D eigenvalue weighted by Gasteiger charge is 2.19. The molecule has 0 atom stereocenters. The topological polar surface area (TPSA) is 69.1 Å². The number of rotatable bonds is 1. The first-order chi connectivity index (χ1) is 7.72. The second-order valence-electron chi connectivity index (χ2n) is 3.78. The maximum absolute atomic E-state index is 11.5. The Hall–Kier alpha value is -2.00. The zero-order chi connectivity index (χ0) is 11.5. The fourth-order valence-electron chi connectivity index (χ4n) is 2.00. The molecule has 16 heavy (non-hydrogen) atoms. The van der Waals surface area contributed by atoms with Crippen LogP contribution in [-0.4, -0.2) is 12.5 Å². The van der Waals surface area contributed by atoms with Gasteiger partial charge in [0.05, 0.1) is 0 Å². The minimum absolute atomic E-state index is 0.0269. The first-order valence-corrected chi connectivity index (χ1v) is 5.18. The molecule has 0 saturated carbocycles. The van der Waals surface area contributed by atoms with Gasteiger partial charge in [0, 0.05) is 29.8 Å². The van der Waals surface area contributed by atoms with Gasteiger partial charge in [0.25, 0.3) is 0 Å². The van der Waals surface area contributed by atoms with E-state index in [1.165, 1.54) is 0 Å². The van der Waals surface area contributed by atoms with Gasteiger partial charge < -0.3 is 4.90 Å². The van der Waals surface area contributed by atoms with Crippen molar-refractivity contribution in [1.29, 1.82) is 0 Å². The lowest BCUT2D eigenvalue weighted by molar-refractivity contribution is -0.116. The van der Waals surface area contributed by atoms with Crippen molar-refractivity contribution < 1.29 is 4.79 Å². The standard InChI is InChI=1S/C11H12N4O/c1-8(16)15-6-2-3-9-4-5-10(13-14-12)7-11(9)15/h4-5,7H,2-3,6H2,1H3. The van der Waals surface area contributed by atoms with Crippen molar-refractivity contribution in [3.05, 3.63) is 34.2 Å². The fourth-order valence-corrected chi connectivity index (χ4v) is 2.00. The molecular formula is C11H12N4O. The Kier molecular flexibility index (Phi) is 2.79. The monoisotopic (exact) mass is 216 g/mol. The van der Waals surface area contributed by atoms with Crippen LogP contribution >= 0.6 is 0 Å². The van der Waals surface area contributed by atoms with E-state index in [1.807, 2.05) is 6.07 Å². The Morgan fingerprint density at radius 2 is 2.38 bits per heavy atom. The molecule has 0 N–H and O–H groups in total. The number of aryl methyl sites for hydroxylation is 1. The van der Waals surface area contributed by atoms with E-state index in [9.17, 15) is 4.79 Å². The highest BCUT2D eigenvalue weighted by molar-refractivity contribution is 5.93. The summed E-state index contributed by atoms with van der Waals surface area (Å²) in [5.41, 5.74) is 10.9. The first-order valence-electron chi connectivity index (χ1n) is 5.18. The Morgan fingerprint density at radius 3 is 3.06 bits per heavy atom. The van der Waals surface area contributed by atoms with E-state index in [2.05, 4.69) is 10.0 Å². The van der Waals surface area contributed by atoms with Gasteiger partial charge in [-0.1, -0.05) is 17.2 Å². The smallest absolute Gasteiger partial charge is 0.223 e. The Bertz CT molecular complexity index is 477. The van der Waals surface area contributed by atoms with E-state index >= 15 is 0 Å². The predicted molar refractivity (Wildman–Crippen MR) is 61.6 cm³/mol. The van der Waals surface area contributed by atoms with Crippen molar-refractivity contribution in [2.75, 3.05) is 11.4 Å². The zero-order valence-electron chi connectivity index (χ0n) is 9.05. The first kappa shape index (κ1) is 10.5. The van der Waals surface area contributed by atoms with Crippen molar-refractivity contribution in [3.63, 3.8) is 0 Å². The number of amides is 1. The number of carbonyl (C=O) groups is 1. The molecule has 0 aromatic heterocycles. The molecule has 1 aromatic rings. The van der Waals surface area contributed by atoms with Gasteiger partial charge in [-0.25, -0.2) is 0 Å². The number of hydrogen-bond acceptors (Lipinski definition) is 2. The molecule has 5 heteroatoms. The Balaban J connectivity index is 2.48. The van der Waals surface area contributed by atoms with E-state index in [0.717, 1.165) is 30.6 Å². The van der Waals surface area contributed by atoms with Crippen molar-refractivity contribution in [2.45, 2.75) is 19.8 Å². The lowest BCUT2D eigenvalue weighted by atomic mass is 10.0. The summed E-state index contributed by atoms with van der Waals surface area (Å²) in [4.78, 5) is 15.9. The Labute approximate surface area is 93.3 Å². The maximum atomic E-state index is 11.5. The number of anilines is 1. The average Bonchev–Trinajstić information content (AvgIpc) is 2.28. The summed E-state index contributed by atoms with van der Waals surface area (Å²) in [6, 6.07) is 5.48. The lowest BCUT2D eigenvalue weighted by Gasteiger charge is -2.28. The van der Waals surface area contributed by atoms with Crippen molar-refractivity contribution in [3.8, 4) is 0 Å². The SMILES string of the molecule is CC(=O)N1CCCc2ccc(N=[N+]=[N-])cc21. The second-order valence-corrected chi connectivity index (χ2v) is 3.78. The van der Waals surface area contributed by atoms with Gasteiger partial charge in [-0.15, -0.1) is 0 Å². The van der Waals surface area contributed by atoms with Gasteiger partial charge in [0.2, 0.25) is 5.91 Å². The van der Waals surface area contributed by atoms with Gasteiger partial charge in [-0.05, 0) is 30.0 Å². The van der Waals surface area contributed by atoms with Crippen LogP contribution in [0.25, 0.3) is 10.4 Å². The van der Waals surface area contributed by atoms with E-state index in [0.29, 0.717) is 5.69 Å². The van der Waals surface area contributed by atoms with E-state index in [4.69, 9.17) is 5.53 Å². The second kappa shape index (κ2) is 4.24. The Morgan fingerprint density at radius 1 is 1.56 bits per heavy atom. The van der Waals surface area contributed by atoms with Crippen molar-refractivity contribution >= 4 is 17.3 Å². The number of fused-ring (bicyclic) bond motifs is 1. The molecule has 0 radical (unpaired) electrons. The third-order valence-electron chi connectivity index (χ3n) is 2.73. The molecular weight excluding hydrogens is 204 g/mol. The van der Waals surface area contributed by atoms with Crippen LogP contribution in [0.15, 0.2) is 23.3 Å². The molecule has 82 valence electrons. The summed E-state index contributed by atoms with van der Waals surface area (Å²) in [6.07, 6.45) is 1.95. The third kappa shape index (κ3) is 1.85. The zero-order valence-corrected chi connectivity index (χ0v) is 9.05. The van der Waals surface area contributed by atoms with Crippen LogP contribution < -0.4 is 4.90 Å². The van der Waals surface area contributed by atoms with Crippen LogP contribution in [0.5, 0.6) is 0 Å². The van der Waals surface area contributed by atoms with Crippen LogP contribution in [0, 0.1) is 0 Å². The predicted octanol–water partition coefficient (Wildman–Crippen LogP) is 2.93. The molecule has 5 nitrogen and oxygen atoms in total. The molecule has 2 rings (SSSR count). The van der Waals surface area contributed by atoms with Crippen LogP contribution in [0.4, 0.5) is 11.4 Å². The van der Waals surface area contributed by atoms with Crippen LogP contribution in [0.1, 0.15) is 18.9 Å². The summed E-state index contributed by atoms with van der Waals surface area (Å²) >= 11 is 0. The van der Waals surface area contributed by atoms with Gasteiger partial charge in [0.15, 0.2) is 0 Å². The third-order valence-corrected chi connectivity index (χ3v) is 2.73. The molecule has 0 fully saturated rings. The average molecular weight is 216 g/mol. The van der Waals surface area contributed by atoms with Crippen molar-refractivity contribution in [2.24, 2.45) is 5.11 Å². The van der Waals surface area contributed by atoms with Gasteiger partial charge in [0.1, 0.15) is 0 Å². The van der Waals surface area contributed by atoms with E-state index in [-0.39, 0.29) is 5.91 Å². The molecule has 1 amide bonds. The summed E-state index contributed by atoms with van der Waals surface area (Å²) in [5, 5.41) is 3.55. The van der Waals surface area contributed by atoms with Gasteiger partial charge in [-0.3, -0.25) is 4.79 Å². The summed E-state index contributed by atoms with van der Waals surface area (Å²) < 4.78 is 0. The molecule has 1 heterocycles. The highest BCUT2D eigenvalue weighted by Crippen LogP contribution is 2.31. The fraction of sp³-hybridized carbons (Fsp3) is 0.364. The van der Waals surface area contributed by atoms with Crippen molar-refractivity contribution in [1.82, 2.24) is 0 Å². The van der Waals surface area contributed by atoms with Gasteiger partial charge in [-0.2, -0.15) is 0 Å². The summed E-state index contributed by atoms with van der Waals surface area (Å²) in [5.74, 6) is 0.0269. The largest absolute Gasteiger partial charge is 0.312 e. The molecule has 0 spiro atoms. The van der Waals surface area contributed by atoms with Crippen LogP contribution in [0.2, 0.25) is 0 Å². The maximum Gasteiger partial charge on any atom is 0.223 e. The lowest BCUT2D eigenvalue weighted by Crippen LogP contribution is -2.33. The number of azide groups is 1. The number of nitrogens with zero attached hydrogens (tertiary/aromatic N) is 4. The highest BCUT2D eigenvalue weighted by atomic mass is 16.2. The van der Waals surface area contributed by atoms with E-state index in [1.54, 1.807) is 24.0 Å². The quantitative estimate of drug-likeness (QED) is 0.404. The molecule has 0 bridgehead atoms. The summed E-state index contributed by atoms with van der Waals surface area (Å²) in [6.45, 7) is 2.29. The number of benzene rings is 1.